The number of nitrogens with zero attached hydrogens (tertiary/aromatic N) is 3. The molecule has 5 rings (SSSR count). The minimum absolute atomic E-state index is 0.132. The number of anilines is 1. The van der Waals surface area contributed by atoms with Gasteiger partial charge in [0.1, 0.15) is 22.7 Å². The van der Waals surface area contributed by atoms with E-state index in [4.69, 9.17) is 4.42 Å². The molecule has 1 atom stereocenters. The van der Waals surface area contributed by atoms with Crippen LogP contribution in [0.5, 0.6) is 0 Å². The van der Waals surface area contributed by atoms with Crippen LogP contribution in [0.25, 0.3) is 11.5 Å². The Bertz CT molecular complexity index is 1380. The van der Waals surface area contributed by atoms with Crippen LogP contribution in [0.2, 0.25) is 0 Å². The number of halogens is 1. The first-order chi connectivity index (χ1) is 16.9. The molecule has 0 aliphatic carbocycles. The second-order valence-electron chi connectivity index (χ2n) is 8.80. The Morgan fingerprint density at radius 1 is 1.11 bits per heavy atom. The summed E-state index contributed by atoms with van der Waals surface area (Å²) in [6.07, 6.45) is 2.40. The van der Waals surface area contributed by atoms with E-state index in [9.17, 15) is 14.0 Å². The van der Waals surface area contributed by atoms with Crippen molar-refractivity contribution in [3.05, 3.63) is 95.6 Å². The van der Waals surface area contributed by atoms with E-state index in [0.717, 1.165) is 12.0 Å². The molecule has 178 valence electrons. The highest BCUT2D eigenvalue weighted by Crippen LogP contribution is 2.34. The number of hydrogen-bond donors (Lipinski definition) is 1. The summed E-state index contributed by atoms with van der Waals surface area (Å²) in [6, 6.07) is 18.9. The zero-order valence-corrected chi connectivity index (χ0v) is 19.5. The van der Waals surface area contributed by atoms with Gasteiger partial charge in [-0.25, -0.2) is 4.39 Å². The molecule has 0 unspecified atom stereocenters. The van der Waals surface area contributed by atoms with Gasteiger partial charge in [-0.05, 0) is 60.9 Å². The summed E-state index contributed by atoms with van der Waals surface area (Å²) in [5.74, 6) is -0.541. The van der Waals surface area contributed by atoms with Gasteiger partial charge in [-0.1, -0.05) is 31.2 Å². The van der Waals surface area contributed by atoms with Crippen LogP contribution in [-0.4, -0.2) is 27.1 Å². The molecule has 8 heteroatoms. The van der Waals surface area contributed by atoms with Crippen molar-refractivity contribution >= 4 is 17.5 Å². The number of aromatic nitrogens is 2. The maximum absolute atomic E-state index is 13.8. The fraction of sp³-hybridized carbons (Fsp3) is 0.222. The molecule has 35 heavy (non-hydrogen) atoms. The zero-order valence-electron chi connectivity index (χ0n) is 19.5. The van der Waals surface area contributed by atoms with Crippen molar-refractivity contribution in [1.29, 1.82) is 0 Å². The highest BCUT2D eigenvalue weighted by molar-refractivity contribution is 6.12. The van der Waals surface area contributed by atoms with Crippen molar-refractivity contribution < 1.29 is 18.4 Å². The molecule has 0 bridgehead atoms. The van der Waals surface area contributed by atoms with Crippen molar-refractivity contribution in [2.24, 2.45) is 0 Å². The number of carbonyl (C=O) groups is 2. The van der Waals surface area contributed by atoms with Gasteiger partial charge in [0.05, 0.1) is 12.8 Å². The lowest BCUT2D eigenvalue weighted by molar-refractivity contribution is -0.126. The Morgan fingerprint density at radius 3 is 2.60 bits per heavy atom. The van der Waals surface area contributed by atoms with E-state index in [0.29, 0.717) is 28.4 Å². The van der Waals surface area contributed by atoms with Crippen LogP contribution in [0.15, 0.2) is 77.4 Å². The van der Waals surface area contributed by atoms with Crippen molar-refractivity contribution in [3.63, 3.8) is 0 Å². The number of hydrogen-bond acceptors (Lipinski definition) is 4. The van der Waals surface area contributed by atoms with Crippen molar-refractivity contribution in [2.75, 3.05) is 4.90 Å². The minimum atomic E-state index is -1.28. The average Bonchev–Trinajstić information content (AvgIpc) is 3.53. The average molecular weight is 473 g/mol. The molecule has 2 amide bonds. The monoisotopic (exact) mass is 472 g/mol. The Morgan fingerprint density at radius 2 is 1.91 bits per heavy atom. The Labute approximate surface area is 202 Å². The summed E-state index contributed by atoms with van der Waals surface area (Å²) in [6.45, 7) is 4.04. The van der Waals surface area contributed by atoms with E-state index in [-0.39, 0.29) is 30.7 Å². The molecule has 4 aromatic rings. The topological polar surface area (TPSA) is 80.4 Å². The third kappa shape index (κ3) is 4.12. The first-order valence-electron chi connectivity index (χ1n) is 11.5. The van der Waals surface area contributed by atoms with Crippen LogP contribution in [-0.2, 0) is 24.3 Å². The molecule has 1 aliphatic rings. The number of amides is 2. The summed E-state index contributed by atoms with van der Waals surface area (Å²) in [5.41, 5.74) is 1.97. The predicted molar refractivity (Wildman–Crippen MR) is 129 cm³/mol. The fourth-order valence-corrected chi connectivity index (χ4v) is 4.43. The lowest BCUT2D eigenvalue weighted by atomic mass is 9.93. The Hall–Kier alpha value is -4.20. The van der Waals surface area contributed by atoms with Gasteiger partial charge in [0.15, 0.2) is 5.76 Å². The number of rotatable bonds is 6. The number of benzene rings is 2. The van der Waals surface area contributed by atoms with E-state index in [2.05, 4.69) is 17.3 Å². The van der Waals surface area contributed by atoms with Gasteiger partial charge >= 0.3 is 0 Å². The Kier molecular flexibility index (Phi) is 5.72. The lowest BCUT2D eigenvalue weighted by Crippen LogP contribution is -2.64. The molecule has 0 fully saturated rings. The van der Waals surface area contributed by atoms with E-state index in [1.807, 2.05) is 24.3 Å². The van der Waals surface area contributed by atoms with E-state index >= 15 is 0 Å². The molecule has 3 heterocycles. The van der Waals surface area contributed by atoms with Gasteiger partial charge in [-0.15, -0.1) is 0 Å². The second-order valence-corrected chi connectivity index (χ2v) is 8.80. The lowest BCUT2D eigenvalue weighted by Gasteiger charge is -2.43. The summed E-state index contributed by atoms with van der Waals surface area (Å²) in [4.78, 5) is 28.9. The number of fused-ring (bicyclic) bond motifs is 1. The molecule has 2 aromatic heterocycles. The van der Waals surface area contributed by atoms with Crippen LogP contribution >= 0.6 is 0 Å². The third-order valence-corrected chi connectivity index (χ3v) is 6.36. The van der Waals surface area contributed by atoms with Crippen LogP contribution in [0, 0.1) is 5.82 Å². The maximum atomic E-state index is 13.8. The van der Waals surface area contributed by atoms with Crippen molar-refractivity contribution in [3.8, 4) is 11.5 Å². The van der Waals surface area contributed by atoms with Gasteiger partial charge in [0, 0.05) is 18.3 Å². The van der Waals surface area contributed by atoms with E-state index in [1.54, 1.807) is 48.2 Å². The largest absolute Gasteiger partial charge is 0.463 e. The van der Waals surface area contributed by atoms with Crippen molar-refractivity contribution in [2.45, 2.75) is 38.9 Å². The van der Waals surface area contributed by atoms with Crippen LogP contribution in [0.1, 0.15) is 35.5 Å². The molecule has 0 spiro atoms. The molecule has 0 radical (unpaired) electrons. The van der Waals surface area contributed by atoms with Crippen LogP contribution in [0.4, 0.5) is 10.1 Å². The molecule has 1 aliphatic heterocycles. The third-order valence-electron chi connectivity index (χ3n) is 6.36. The van der Waals surface area contributed by atoms with Gasteiger partial charge < -0.3 is 9.73 Å². The molecule has 1 N–H and O–H groups in total. The molecule has 2 aromatic carbocycles. The number of furan rings is 1. The number of aryl methyl sites for hydroxylation is 1. The summed E-state index contributed by atoms with van der Waals surface area (Å²) in [7, 11) is 0. The van der Waals surface area contributed by atoms with E-state index < -0.39 is 5.54 Å². The second kappa shape index (κ2) is 8.87. The summed E-state index contributed by atoms with van der Waals surface area (Å²) in [5, 5.41) is 7.44. The maximum Gasteiger partial charge on any atom is 0.277 e. The van der Waals surface area contributed by atoms with Gasteiger partial charge in [0.2, 0.25) is 5.91 Å². The van der Waals surface area contributed by atoms with Gasteiger partial charge in [-0.3, -0.25) is 19.2 Å². The van der Waals surface area contributed by atoms with Crippen LogP contribution in [0.3, 0.4) is 0 Å². The predicted octanol–water partition coefficient (Wildman–Crippen LogP) is 4.58. The zero-order chi connectivity index (χ0) is 24.6. The highest BCUT2D eigenvalue weighted by Gasteiger charge is 2.49. The van der Waals surface area contributed by atoms with Crippen LogP contribution < -0.4 is 10.2 Å². The normalized spacial score (nSPS) is 17.3. The highest BCUT2D eigenvalue weighted by atomic mass is 19.1. The number of nitrogens with one attached hydrogen (secondary N) is 1. The molecular weight excluding hydrogens is 447 g/mol. The Balaban J connectivity index is 1.53. The fourth-order valence-electron chi connectivity index (χ4n) is 4.43. The number of carbonyl (C=O) groups excluding carboxylic acids is 2. The summed E-state index contributed by atoms with van der Waals surface area (Å²) >= 11 is 0. The van der Waals surface area contributed by atoms with Gasteiger partial charge in [0.25, 0.3) is 5.91 Å². The summed E-state index contributed by atoms with van der Waals surface area (Å²) < 4.78 is 20.6. The van der Waals surface area contributed by atoms with Gasteiger partial charge in [-0.2, -0.15) is 5.10 Å². The molecule has 0 saturated carbocycles. The molecular formula is C27H25FN4O3. The smallest absolute Gasteiger partial charge is 0.277 e. The first kappa shape index (κ1) is 22.6. The molecule has 7 nitrogen and oxygen atoms in total. The standard InChI is InChI=1S/C27H25FN4O3/c1-3-18-9-11-21(12-10-18)32-25(33)23-15-22(24-8-5-13-35-24)30-31(23)17-27(32,2)26(34)29-16-19-6-4-7-20(28)14-19/h4-15H,3,16-17H2,1-2H3,(H,29,34)/t27-/m1/s1. The quantitative estimate of drug-likeness (QED) is 0.446. The van der Waals surface area contributed by atoms with E-state index in [1.165, 1.54) is 17.0 Å². The minimum Gasteiger partial charge on any atom is -0.463 e. The molecule has 0 saturated heterocycles. The first-order valence-corrected chi connectivity index (χ1v) is 11.5. The SMILES string of the molecule is CCc1ccc(N2C(=O)c3cc(-c4ccco4)nn3C[C@]2(C)C(=O)NCc2cccc(F)c2)cc1. The van der Waals surface area contributed by atoms with Crippen molar-refractivity contribution in [1.82, 2.24) is 15.1 Å².